The highest BCUT2D eigenvalue weighted by molar-refractivity contribution is 6.05. The summed E-state index contributed by atoms with van der Waals surface area (Å²) in [7, 11) is 0. The van der Waals surface area contributed by atoms with E-state index in [2.05, 4.69) is 15.6 Å². The Labute approximate surface area is 89.3 Å². The summed E-state index contributed by atoms with van der Waals surface area (Å²) < 4.78 is 5.46. The first-order valence-corrected chi connectivity index (χ1v) is 5.43. The van der Waals surface area contributed by atoms with Crippen LogP contribution in [0.15, 0.2) is 4.99 Å². The molecular weight excluding hydrogens is 194 g/mol. The molecule has 2 rings (SSSR count). The number of ether oxygens (including phenoxy) is 1. The first kappa shape index (κ1) is 10.4. The minimum atomic E-state index is -0.353. The van der Waals surface area contributed by atoms with Crippen LogP contribution in [0.2, 0.25) is 0 Å². The van der Waals surface area contributed by atoms with Crippen LogP contribution in [0, 0.1) is 0 Å². The number of nitrogens with zero attached hydrogens (tertiary/aromatic N) is 1. The number of guanidine groups is 1. The molecule has 0 spiro atoms. The van der Waals surface area contributed by atoms with Gasteiger partial charge < -0.3 is 10.1 Å². The zero-order valence-electron chi connectivity index (χ0n) is 9.12. The minimum Gasteiger partial charge on any atom is -0.375 e. The van der Waals surface area contributed by atoms with Gasteiger partial charge in [0.2, 0.25) is 0 Å². The van der Waals surface area contributed by atoms with Gasteiger partial charge in [-0.25, -0.2) is 4.99 Å². The summed E-state index contributed by atoms with van der Waals surface area (Å²) in [6, 6.07) is -0.0824. The zero-order chi connectivity index (χ0) is 10.8. The average molecular weight is 211 g/mol. The largest absolute Gasteiger partial charge is 0.375 e. The predicted octanol–water partition coefficient (Wildman–Crippen LogP) is 0.0178. The molecule has 1 saturated heterocycles. The summed E-state index contributed by atoms with van der Waals surface area (Å²) >= 11 is 0. The Kier molecular flexibility index (Phi) is 2.90. The molecule has 0 aromatic carbocycles. The molecule has 2 N–H and O–H groups in total. The molecule has 0 aliphatic carbocycles. The van der Waals surface area contributed by atoms with Crippen molar-refractivity contribution in [2.75, 3.05) is 6.61 Å². The lowest BCUT2D eigenvalue weighted by Crippen LogP contribution is -2.41. The number of aliphatic imine (C=N–C) groups is 1. The third kappa shape index (κ3) is 2.28. The molecule has 0 saturated carbocycles. The van der Waals surface area contributed by atoms with Gasteiger partial charge in [-0.15, -0.1) is 0 Å². The van der Waals surface area contributed by atoms with E-state index in [1.165, 1.54) is 0 Å². The van der Waals surface area contributed by atoms with Crippen LogP contribution >= 0.6 is 0 Å². The van der Waals surface area contributed by atoms with Crippen molar-refractivity contribution in [2.45, 2.75) is 44.9 Å². The quantitative estimate of drug-likeness (QED) is 0.676. The molecule has 0 radical (unpaired) electrons. The lowest BCUT2D eigenvalue weighted by atomic mass is 10.1. The van der Waals surface area contributed by atoms with Gasteiger partial charge in [-0.2, -0.15) is 0 Å². The van der Waals surface area contributed by atoms with Crippen LogP contribution < -0.4 is 10.6 Å². The van der Waals surface area contributed by atoms with Crippen LogP contribution in [0.3, 0.4) is 0 Å². The maximum absolute atomic E-state index is 11.6. The fourth-order valence-corrected chi connectivity index (χ4v) is 1.87. The van der Waals surface area contributed by atoms with Crippen LogP contribution in [-0.4, -0.2) is 36.7 Å². The summed E-state index contributed by atoms with van der Waals surface area (Å²) in [5, 5.41) is 5.82. The van der Waals surface area contributed by atoms with Gasteiger partial charge in [0.25, 0.3) is 5.91 Å². The van der Waals surface area contributed by atoms with Gasteiger partial charge in [0.05, 0.1) is 6.10 Å². The Hall–Kier alpha value is -1.10. The smallest absolute Gasteiger partial charge is 0.254 e. The van der Waals surface area contributed by atoms with E-state index in [-0.39, 0.29) is 24.1 Å². The molecule has 84 valence electrons. The van der Waals surface area contributed by atoms with E-state index in [9.17, 15) is 4.79 Å². The lowest BCUT2D eigenvalue weighted by molar-refractivity contribution is -0.122. The number of hydrogen-bond donors (Lipinski definition) is 2. The molecule has 1 amide bonds. The standard InChI is InChI=1S/C10H17N3O2/c1-6(2)11-10-12-8(9(14)13-10)7-4-3-5-15-7/h6-8H,3-5H2,1-2H3,(H2,11,12,13,14). The Morgan fingerprint density at radius 2 is 2.40 bits per heavy atom. The second-order valence-corrected chi connectivity index (χ2v) is 4.26. The SMILES string of the molecule is CC(C)NC1=NC(C2CCCO2)C(=O)N1. The Morgan fingerprint density at radius 1 is 1.60 bits per heavy atom. The Morgan fingerprint density at radius 3 is 3.00 bits per heavy atom. The monoisotopic (exact) mass is 211 g/mol. The number of carbonyl (C=O) groups excluding carboxylic acids is 1. The Balaban J connectivity index is 1.99. The Bertz CT molecular complexity index is 282. The number of carbonyl (C=O) groups is 1. The molecule has 0 aromatic rings. The molecule has 2 aliphatic rings. The molecule has 2 atom stereocenters. The van der Waals surface area contributed by atoms with Crippen molar-refractivity contribution < 1.29 is 9.53 Å². The molecule has 2 aliphatic heterocycles. The fourth-order valence-electron chi connectivity index (χ4n) is 1.87. The van der Waals surface area contributed by atoms with E-state index in [0.717, 1.165) is 19.4 Å². The topological polar surface area (TPSA) is 62.7 Å². The normalized spacial score (nSPS) is 30.6. The van der Waals surface area contributed by atoms with E-state index in [1.54, 1.807) is 0 Å². The molecule has 15 heavy (non-hydrogen) atoms. The van der Waals surface area contributed by atoms with Crippen LogP contribution in [0.25, 0.3) is 0 Å². The van der Waals surface area contributed by atoms with Crippen LogP contribution in [0.5, 0.6) is 0 Å². The van der Waals surface area contributed by atoms with E-state index in [0.29, 0.717) is 5.96 Å². The van der Waals surface area contributed by atoms with Gasteiger partial charge in [0.15, 0.2) is 12.0 Å². The van der Waals surface area contributed by atoms with Crippen molar-refractivity contribution in [3.63, 3.8) is 0 Å². The minimum absolute atomic E-state index is 0.0311. The first-order valence-electron chi connectivity index (χ1n) is 5.43. The summed E-state index contributed by atoms with van der Waals surface area (Å²) in [6.45, 7) is 4.76. The first-order chi connectivity index (χ1) is 7.16. The van der Waals surface area contributed by atoms with E-state index in [4.69, 9.17) is 4.74 Å². The van der Waals surface area contributed by atoms with Crippen molar-refractivity contribution in [1.82, 2.24) is 10.6 Å². The van der Waals surface area contributed by atoms with Gasteiger partial charge in [0, 0.05) is 12.6 Å². The van der Waals surface area contributed by atoms with Gasteiger partial charge >= 0.3 is 0 Å². The molecule has 2 heterocycles. The summed E-state index contributed by atoms with van der Waals surface area (Å²) in [6.07, 6.45) is 1.92. The zero-order valence-corrected chi connectivity index (χ0v) is 9.12. The summed E-state index contributed by atoms with van der Waals surface area (Å²) in [5.41, 5.74) is 0. The molecule has 0 bridgehead atoms. The number of rotatable bonds is 2. The van der Waals surface area contributed by atoms with Crippen molar-refractivity contribution in [3.05, 3.63) is 0 Å². The molecule has 5 nitrogen and oxygen atoms in total. The molecule has 5 heteroatoms. The number of hydrogen-bond acceptors (Lipinski definition) is 4. The molecule has 0 aromatic heterocycles. The van der Waals surface area contributed by atoms with E-state index in [1.807, 2.05) is 13.8 Å². The lowest BCUT2D eigenvalue weighted by Gasteiger charge is -2.11. The van der Waals surface area contributed by atoms with Gasteiger partial charge in [-0.1, -0.05) is 0 Å². The van der Waals surface area contributed by atoms with Crippen molar-refractivity contribution >= 4 is 11.9 Å². The van der Waals surface area contributed by atoms with Crippen molar-refractivity contribution in [1.29, 1.82) is 0 Å². The van der Waals surface area contributed by atoms with Gasteiger partial charge in [-0.3, -0.25) is 10.1 Å². The molecule has 2 unspecified atom stereocenters. The van der Waals surface area contributed by atoms with Gasteiger partial charge in [-0.05, 0) is 26.7 Å². The fraction of sp³-hybridized carbons (Fsp3) is 0.800. The summed E-state index contributed by atoms with van der Waals surface area (Å²) in [5.74, 6) is 0.528. The highest BCUT2D eigenvalue weighted by Gasteiger charge is 2.36. The molecular formula is C10H17N3O2. The highest BCUT2D eigenvalue weighted by atomic mass is 16.5. The van der Waals surface area contributed by atoms with Crippen molar-refractivity contribution in [2.24, 2.45) is 4.99 Å². The van der Waals surface area contributed by atoms with Gasteiger partial charge in [0.1, 0.15) is 0 Å². The van der Waals surface area contributed by atoms with Crippen LogP contribution in [0.1, 0.15) is 26.7 Å². The summed E-state index contributed by atoms with van der Waals surface area (Å²) in [4.78, 5) is 15.9. The molecule has 1 fully saturated rings. The maximum Gasteiger partial charge on any atom is 0.254 e. The number of amides is 1. The highest BCUT2D eigenvalue weighted by Crippen LogP contribution is 2.19. The van der Waals surface area contributed by atoms with E-state index >= 15 is 0 Å². The van der Waals surface area contributed by atoms with Crippen LogP contribution in [0.4, 0.5) is 0 Å². The third-order valence-electron chi connectivity index (χ3n) is 2.52. The average Bonchev–Trinajstić information content (AvgIpc) is 2.72. The third-order valence-corrected chi connectivity index (χ3v) is 2.52. The number of nitrogens with one attached hydrogen (secondary N) is 2. The maximum atomic E-state index is 11.6. The second kappa shape index (κ2) is 4.18. The van der Waals surface area contributed by atoms with E-state index < -0.39 is 0 Å². The van der Waals surface area contributed by atoms with Crippen LogP contribution in [-0.2, 0) is 9.53 Å². The van der Waals surface area contributed by atoms with Crippen molar-refractivity contribution in [3.8, 4) is 0 Å². The predicted molar refractivity (Wildman–Crippen MR) is 56.6 cm³/mol. The second-order valence-electron chi connectivity index (χ2n) is 4.26.